The molecule has 1 amide bonds. The van der Waals surface area contributed by atoms with E-state index in [1.54, 1.807) is 16.7 Å². The third-order valence-corrected chi connectivity index (χ3v) is 6.95. The molecule has 0 atom stereocenters. The second-order valence-corrected chi connectivity index (χ2v) is 9.16. The summed E-state index contributed by atoms with van der Waals surface area (Å²) >= 11 is 1.63. The number of aromatic nitrogens is 3. The van der Waals surface area contributed by atoms with Crippen LogP contribution in [-0.2, 0) is 12.3 Å². The van der Waals surface area contributed by atoms with Gasteiger partial charge < -0.3 is 9.42 Å². The van der Waals surface area contributed by atoms with Crippen LogP contribution in [0.2, 0.25) is 0 Å². The summed E-state index contributed by atoms with van der Waals surface area (Å²) in [5.41, 5.74) is 6.71. The summed E-state index contributed by atoms with van der Waals surface area (Å²) in [5.74, 6) is 1.52. The molecule has 4 rings (SSSR count). The Morgan fingerprint density at radius 3 is 2.36 bits per heavy atom. The predicted octanol–water partition coefficient (Wildman–Crippen LogP) is 5.66. The van der Waals surface area contributed by atoms with Gasteiger partial charge in [0, 0.05) is 41.1 Å². The number of aryl methyl sites for hydroxylation is 3. The molecule has 0 fully saturated rings. The van der Waals surface area contributed by atoms with Crippen molar-refractivity contribution >= 4 is 17.7 Å². The summed E-state index contributed by atoms with van der Waals surface area (Å²) in [5, 5.41) is 8.75. The second-order valence-electron chi connectivity index (χ2n) is 8.15. The number of nitrogens with zero attached hydrogens (tertiary/aromatic N) is 4. The van der Waals surface area contributed by atoms with Crippen LogP contribution in [-0.4, -0.2) is 32.8 Å². The first kappa shape index (κ1) is 22.9. The third-order valence-electron chi connectivity index (χ3n) is 5.85. The van der Waals surface area contributed by atoms with Crippen molar-refractivity contribution in [3.63, 3.8) is 0 Å². The van der Waals surface area contributed by atoms with Gasteiger partial charge in [-0.2, -0.15) is 5.10 Å². The Bertz CT molecular complexity index is 1260. The van der Waals surface area contributed by atoms with Gasteiger partial charge in [0.25, 0.3) is 5.91 Å². The van der Waals surface area contributed by atoms with Crippen LogP contribution in [0.1, 0.15) is 44.3 Å². The number of para-hydroxylation sites is 1. The van der Waals surface area contributed by atoms with Gasteiger partial charge >= 0.3 is 0 Å². The smallest absolute Gasteiger partial charge is 0.255 e. The maximum absolute atomic E-state index is 13.4. The molecule has 0 radical (unpaired) electrons. The lowest BCUT2D eigenvalue weighted by Gasteiger charge is -2.19. The van der Waals surface area contributed by atoms with Crippen LogP contribution in [0.25, 0.3) is 5.69 Å². The minimum absolute atomic E-state index is 0.0110. The Morgan fingerprint density at radius 2 is 1.67 bits per heavy atom. The van der Waals surface area contributed by atoms with E-state index in [-0.39, 0.29) is 5.91 Å². The normalized spacial score (nSPS) is 11.1. The van der Waals surface area contributed by atoms with Crippen LogP contribution in [0, 0.1) is 27.7 Å². The zero-order valence-electron chi connectivity index (χ0n) is 19.6. The van der Waals surface area contributed by atoms with E-state index in [0.29, 0.717) is 17.9 Å². The van der Waals surface area contributed by atoms with E-state index in [1.807, 2.05) is 94.0 Å². The predicted molar refractivity (Wildman–Crippen MR) is 131 cm³/mol. The Balaban J connectivity index is 1.53. The van der Waals surface area contributed by atoms with Crippen LogP contribution >= 0.6 is 11.8 Å². The number of hydrogen-bond donors (Lipinski definition) is 0. The molecule has 0 unspecified atom stereocenters. The average Bonchev–Trinajstić information content (AvgIpc) is 3.30. The highest BCUT2D eigenvalue weighted by molar-refractivity contribution is 7.98. The van der Waals surface area contributed by atoms with Crippen LogP contribution in [0.4, 0.5) is 0 Å². The summed E-state index contributed by atoms with van der Waals surface area (Å²) in [4.78, 5) is 16.1. The van der Waals surface area contributed by atoms with Gasteiger partial charge in [-0.1, -0.05) is 35.5 Å². The quantitative estimate of drug-likeness (QED) is 0.333. The number of carbonyl (C=O) groups excluding carboxylic acids is 1. The molecule has 0 N–H and O–H groups in total. The lowest BCUT2D eigenvalue weighted by molar-refractivity contribution is 0.0781. The molecule has 7 heteroatoms. The standard InChI is InChI=1S/C26H28N4O2S/c1-17-23(19(3)30(27-17)21-11-7-6-8-12-21)15-29(5)26(31)22-13-9-10-14-25(22)33-16-24-18(2)28-32-20(24)4/h6-14H,15-16H2,1-5H3. The van der Waals surface area contributed by atoms with Crippen molar-refractivity contribution < 1.29 is 9.32 Å². The summed E-state index contributed by atoms with van der Waals surface area (Å²) in [6, 6.07) is 17.8. The van der Waals surface area contributed by atoms with Gasteiger partial charge in [-0.15, -0.1) is 11.8 Å². The van der Waals surface area contributed by atoms with Gasteiger partial charge in [0.1, 0.15) is 5.76 Å². The lowest BCUT2D eigenvalue weighted by atomic mass is 10.1. The summed E-state index contributed by atoms with van der Waals surface area (Å²) in [6.45, 7) is 8.40. The number of amides is 1. The number of rotatable bonds is 7. The second kappa shape index (κ2) is 9.67. The molecule has 0 saturated heterocycles. The zero-order chi connectivity index (χ0) is 23.5. The minimum Gasteiger partial charge on any atom is -0.361 e. The van der Waals surface area contributed by atoms with Crippen molar-refractivity contribution in [3.8, 4) is 5.69 Å². The van der Waals surface area contributed by atoms with Gasteiger partial charge in [0.2, 0.25) is 0 Å². The molecule has 0 aliphatic heterocycles. The van der Waals surface area contributed by atoms with Gasteiger partial charge in [0.05, 0.1) is 22.6 Å². The Kier molecular flexibility index (Phi) is 6.70. The Labute approximate surface area is 198 Å². The highest BCUT2D eigenvalue weighted by atomic mass is 32.2. The number of thioether (sulfide) groups is 1. The van der Waals surface area contributed by atoms with E-state index < -0.39 is 0 Å². The maximum atomic E-state index is 13.4. The molecule has 2 heterocycles. The molecule has 6 nitrogen and oxygen atoms in total. The first-order chi connectivity index (χ1) is 15.9. The molecule has 0 spiro atoms. The molecule has 2 aromatic carbocycles. The summed E-state index contributed by atoms with van der Waals surface area (Å²) < 4.78 is 7.22. The number of benzene rings is 2. The summed E-state index contributed by atoms with van der Waals surface area (Å²) in [7, 11) is 1.84. The van der Waals surface area contributed by atoms with Crippen molar-refractivity contribution in [2.75, 3.05) is 7.05 Å². The molecule has 0 aliphatic carbocycles. The highest BCUT2D eigenvalue weighted by Crippen LogP contribution is 2.30. The lowest BCUT2D eigenvalue weighted by Crippen LogP contribution is -2.27. The van der Waals surface area contributed by atoms with E-state index in [1.165, 1.54) is 0 Å². The molecular formula is C26H28N4O2S. The van der Waals surface area contributed by atoms with Crippen molar-refractivity contribution in [1.29, 1.82) is 0 Å². The maximum Gasteiger partial charge on any atom is 0.255 e. The fraction of sp³-hybridized carbons (Fsp3) is 0.269. The third kappa shape index (κ3) is 4.73. The van der Waals surface area contributed by atoms with E-state index in [2.05, 4.69) is 5.16 Å². The van der Waals surface area contributed by atoms with E-state index in [0.717, 1.165) is 44.6 Å². The Hall–Kier alpha value is -3.32. The van der Waals surface area contributed by atoms with E-state index in [9.17, 15) is 4.79 Å². The van der Waals surface area contributed by atoms with Gasteiger partial charge in [-0.3, -0.25) is 4.79 Å². The minimum atomic E-state index is -0.0110. The van der Waals surface area contributed by atoms with Gasteiger partial charge in [-0.05, 0) is 52.0 Å². The summed E-state index contributed by atoms with van der Waals surface area (Å²) in [6.07, 6.45) is 0. The first-order valence-electron chi connectivity index (χ1n) is 10.9. The zero-order valence-corrected chi connectivity index (χ0v) is 20.4. The molecule has 170 valence electrons. The van der Waals surface area contributed by atoms with Gasteiger partial charge in [-0.25, -0.2) is 4.68 Å². The number of carbonyl (C=O) groups is 1. The monoisotopic (exact) mass is 460 g/mol. The van der Waals surface area contributed by atoms with E-state index >= 15 is 0 Å². The van der Waals surface area contributed by atoms with Crippen molar-refractivity contribution in [1.82, 2.24) is 19.8 Å². The van der Waals surface area contributed by atoms with Crippen molar-refractivity contribution in [2.24, 2.45) is 0 Å². The SMILES string of the molecule is Cc1noc(C)c1CSc1ccccc1C(=O)N(C)Cc1c(C)nn(-c2ccccc2)c1C. The Morgan fingerprint density at radius 1 is 0.970 bits per heavy atom. The molecule has 4 aromatic rings. The topological polar surface area (TPSA) is 64.2 Å². The van der Waals surface area contributed by atoms with Gasteiger partial charge in [0.15, 0.2) is 0 Å². The average molecular weight is 461 g/mol. The van der Waals surface area contributed by atoms with Crippen LogP contribution in [0.3, 0.4) is 0 Å². The first-order valence-corrected chi connectivity index (χ1v) is 11.8. The fourth-order valence-corrected chi connectivity index (χ4v) is 5.06. The van der Waals surface area contributed by atoms with Crippen LogP contribution in [0.5, 0.6) is 0 Å². The molecular weight excluding hydrogens is 432 g/mol. The molecule has 0 aliphatic rings. The molecule has 0 bridgehead atoms. The van der Waals surface area contributed by atoms with Crippen molar-refractivity contribution in [2.45, 2.75) is 44.9 Å². The number of hydrogen-bond acceptors (Lipinski definition) is 5. The molecule has 0 saturated carbocycles. The van der Waals surface area contributed by atoms with E-state index in [4.69, 9.17) is 9.62 Å². The molecule has 2 aromatic heterocycles. The highest BCUT2D eigenvalue weighted by Gasteiger charge is 2.21. The van der Waals surface area contributed by atoms with Crippen molar-refractivity contribution in [3.05, 3.63) is 94.1 Å². The fourth-order valence-electron chi connectivity index (χ4n) is 3.87. The molecule has 33 heavy (non-hydrogen) atoms. The van der Waals surface area contributed by atoms with Crippen LogP contribution < -0.4 is 0 Å². The largest absolute Gasteiger partial charge is 0.361 e. The van der Waals surface area contributed by atoms with Crippen LogP contribution in [0.15, 0.2) is 64.0 Å².